The molecular weight excluding hydrogens is 358 g/mol. The molecule has 5 heteroatoms. The first-order valence-electron chi connectivity index (χ1n) is 9.56. The van der Waals surface area contributed by atoms with Gasteiger partial charge in [-0.1, -0.05) is 43.2 Å². The maximum absolute atomic E-state index is 12.3. The number of anilines is 1. The molecule has 1 amide bonds. The summed E-state index contributed by atoms with van der Waals surface area (Å²) >= 11 is 6.48. The average molecular weight is 384 g/mol. The van der Waals surface area contributed by atoms with Gasteiger partial charge in [-0.3, -0.25) is 9.78 Å². The van der Waals surface area contributed by atoms with Crippen molar-refractivity contribution in [3.8, 4) is 11.1 Å². The number of pyridine rings is 1. The van der Waals surface area contributed by atoms with Crippen LogP contribution in [0.5, 0.6) is 0 Å². The average Bonchev–Trinajstić information content (AvgIpc) is 3.21. The highest BCUT2D eigenvalue weighted by Gasteiger charge is 2.21. The number of hydrogen-bond donors (Lipinski definition) is 2. The first-order chi connectivity index (χ1) is 13.1. The van der Waals surface area contributed by atoms with E-state index in [0.717, 1.165) is 65.3 Å². The Morgan fingerprint density at radius 3 is 2.96 bits per heavy atom. The lowest BCUT2D eigenvalue weighted by molar-refractivity contribution is -0.117. The molecule has 27 heavy (non-hydrogen) atoms. The van der Waals surface area contributed by atoms with Crippen molar-refractivity contribution in [3.05, 3.63) is 53.9 Å². The largest absolute Gasteiger partial charge is 0.325 e. The van der Waals surface area contributed by atoms with Crippen molar-refractivity contribution >= 4 is 28.2 Å². The van der Waals surface area contributed by atoms with Crippen molar-refractivity contribution in [1.82, 2.24) is 10.3 Å². The van der Waals surface area contributed by atoms with Crippen LogP contribution in [0, 0.1) is 6.92 Å². The molecule has 0 radical (unpaired) electrons. The molecule has 1 atom stereocenters. The number of hydrogen-bond acceptors (Lipinski definition) is 3. The van der Waals surface area contributed by atoms with Gasteiger partial charge >= 0.3 is 0 Å². The number of nitrogens with zero attached hydrogens (tertiary/aromatic N) is 1. The molecule has 1 aliphatic heterocycles. The molecule has 2 N–H and O–H groups in total. The smallest absolute Gasteiger partial charge is 0.241 e. The van der Waals surface area contributed by atoms with E-state index in [-0.39, 0.29) is 11.9 Å². The van der Waals surface area contributed by atoms with E-state index in [9.17, 15) is 4.79 Å². The molecule has 3 rings (SSSR count). The van der Waals surface area contributed by atoms with Crippen LogP contribution in [-0.4, -0.2) is 23.5 Å². The number of carbonyl (C=O) groups is 1. The molecule has 0 bridgehead atoms. The summed E-state index contributed by atoms with van der Waals surface area (Å²) < 4.78 is 0. The first-order valence-corrected chi connectivity index (χ1v) is 9.93. The summed E-state index contributed by atoms with van der Waals surface area (Å²) in [5, 5.41) is 6.97. The number of benzene rings is 1. The van der Waals surface area contributed by atoms with Crippen molar-refractivity contribution in [3.63, 3.8) is 0 Å². The highest BCUT2D eigenvalue weighted by Crippen LogP contribution is 2.29. The summed E-state index contributed by atoms with van der Waals surface area (Å²) in [4.78, 5) is 16.9. The van der Waals surface area contributed by atoms with Crippen molar-refractivity contribution in [2.75, 3.05) is 11.9 Å². The number of halogens is 1. The Hall–Kier alpha value is -2.17. The van der Waals surface area contributed by atoms with Gasteiger partial charge in [-0.2, -0.15) is 0 Å². The van der Waals surface area contributed by atoms with Gasteiger partial charge in [0.1, 0.15) is 0 Å². The van der Waals surface area contributed by atoms with E-state index in [1.165, 1.54) is 0 Å². The second kappa shape index (κ2) is 9.16. The number of amides is 1. The van der Waals surface area contributed by atoms with Gasteiger partial charge in [-0.15, -0.1) is 0 Å². The SMILES string of the molecule is CCC/C=C(/Cl)c1cc(-c2cccc(NC(=O)C3CCCN3)c2)cnc1C. The summed E-state index contributed by atoms with van der Waals surface area (Å²) in [6.07, 6.45) is 7.82. The molecule has 142 valence electrons. The van der Waals surface area contributed by atoms with Crippen LogP contribution in [0.2, 0.25) is 0 Å². The third-order valence-corrected chi connectivity index (χ3v) is 5.15. The summed E-state index contributed by atoms with van der Waals surface area (Å²) in [6, 6.07) is 9.82. The Balaban J connectivity index is 1.83. The molecular formula is C22H26ClN3O. The number of rotatable bonds is 6. The van der Waals surface area contributed by atoms with Crippen LogP contribution in [-0.2, 0) is 4.79 Å². The van der Waals surface area contributed by atoms with Gasteiger partial charge < -0.3 is 10.6 Å². The van der Waals surface area contributed by atoms with Crippen LogP contribution in [0.1, 0.15) is 43.9 Å². The molecule has 1 fully saturated rings. The van der Waals surface area contributed by atoms with Gasteiger partial charge in [0, 0.05) is 33.7 Å². The predicted molar refractivity (Wildman–Crippen MR) is 113 cm³/mol. The van der Waals surface area contributed by atoms with Crippen LogP contribution < -0.4 is 10.6 Å². The van der Waals surface area contributed by atoms with Gasteiger partial charge in [-0.25, -0.2) is 0 Å². The van der Waals surface area contributed by atoms with E-state index in [1.807, 2.05) is 43.5 Å². The number of nitrogens with one attached hydrogen (secondary N) is 2. The Labute approximate surface area is 166 Å². The Kier molecular flexibility index (Phi) is 6.64. The van der Waals surface area contributed by atoms with Crippen molar-refractivity contribution in [2.24, 2.45) is 0 Å². The predicted octanol–water partition coefficient (Wildman–Crippen LogP) is 5.13. The third-order valence-electron chi connectivity index (χ3n) is 4.80. The number of carbonyl (C=O) groups excluding carboxylic acids is 1. The molecule has 4 nitrogen and oxygen atoms in total. The highest BCUT2D eigenvalue weighted by atomic mass is 35.5. The molecule has 1 saturated heterocycles. The summed E-state index contributed by atoms with van der Waals surface area (Å²) in [5.41, 5.74) is 4.63. The Morgan fingerprint density at radius 1 is 1.37 bits per heavy atom. The van der Waals surface area contributed by atoms with Crippen LogP contribution >= 0.6 is 11.6 Å². The van der Waals surface area contributed by atoms with E-state index < -0.39 is 0 Å². The standard InChI is InChI=1S/C22H26ClN3O/c1-3-4-9-20(23)19-13-17(14-25-15(19)2)16-7-5-8-18(12-16)26-22(27)21-10-6-11-24-21/h5,7-9,12-14,21,24H,3-4,6,10-11H2,1-2H3,(H,26,27)/b20-9+. The van der Waals surface area contributed by atoms with Crippen LogP contribution in [0.3, 0.4) is 0 Å². The molecule has 1 aromatic carbocycles. The lowest BCUT2D eigenvalue weighted by Crippen LogP contribution is -2.35. The van der Waals surface area contributed by atoms with E-state index in [0.29, 0.717) is 0 Å². The van der Waals surface area contributed by atoms with Crippen molar-refractivity contribution in [1.29, 1.82) is 0 Å². The number of aryl methyl sites for hydroxylation is 1. The zero-order valence-corrected chi connectivity index (χ0v) is 16.6. The zero-order chi connectivity index (χ0) is 19.2. The molecule has 0 aliphatic carbocycles. The Morgan fingerprint density at radius 2 is 2.22 bits per heavy atom. The van der Waals surface area contributed by atoms with Gasteiger partial charge in [0.2, 0.25) is 5.91 Å². The monoisotopic (exact) mass is 383 g/mol. The van der Waals surface area contributed by atoms with Crippen LogP contribution in [0.4, 0.5) is 5.69 Å². The number of unbranched alkanes of at least 4 members (excludes halogenated alkanes) is 1. The molecule has 1 aromatic heterocycles. The van der Waals surface area contributed by atoms with Crippen LogP contribution in [0.25, 0.3) is 16.2 Å². The number of allylic oxidation sites excluding steroid dienone is 1. The summed E-state index contributed by atoms with van der Waals surface area (Å²) in [7, 11) is 0. The lowest BCUT2D eigenvalue weighted by Gasteiger charge is -2.13. The van der Waals surface area contributed by atoms with Gasteiger partial charge in [0.15, 0.2) is 0 Å². The molecule has 0 saturated carbocycles. The summed E-state index contributed by atoms with van der Waals surface area (Å²) in [5.74, 6) is 0.0258. The molecule has 2 aromatic rings. The van der Waals surface area contributed by atoms with Gasteiger partial charge in [0.05, 0.1) is 6.04 Å². The fourth-order valence-corrected chi connectivity index (χ4v) is 3.53. The van der Waals surface area contributed by atoms with Gasteiger partial charge in [-0.05, 0) is 56.5 Å². The minimum atomic E-state index is -0.0937. The molecule has 2 heterocycles. The topological polar surface area (TPSA) is 54.0 Å². The normalized spacial score (nSPS) is 17.1. The van der Waals surface area contributed by atoms with E-state index >= 15 is 0 Å². The number of aromatic nitrogens is 1. The fourth-order valence-electron chi connectivity index (χ4n) is 3.23. The fraction of sp³-hybridized carbons (Fsp3) is 0.364. The maximum atomic E-state index is 12.3. The molecule has 1 unspecified atom stereocenters. The summed E-state index contributed by atoms with van der Waals surface area (Å²) in [6.45, 7) is 5.00. The second-order valence-electron chi connectivity index (χ2n) is 6.92. The first kappa shape index (κ1) is 19.6. The lowest BCUT2D eigenvalue weighted by atomic mass is 10.0. The van der Waals surface area contributed by atoms with Crippen molar-refractivity contribution in [2.45, 2.75) is 45.6 Å². The maximum Gasteiger partial charge on any atom is 0.241 e. The highest BCUT2D eigenvalue weighted by molar-refractivity contribution is 6.48. The Bertz CT molecular complexity index is 841. The minimum Gasteiger partial charge on any atom is -0.325 e. The third kappa shape index (κ3) is 4.96. The quantitative estimate of drug-likeness (QED) is 0.727. The van der Waals surface area contributed by atoms with Gasteiger partial charge in [0.25, 0.3) is 0 Å². The van der Waals surface area contributed by atoms with Crippen LogP contribution in [0.15, 0.2) is 42.6 Å². The zero-order valence-electron chi connectivity index (χ0n) is 15.9. The minimum absolute atomic E-state index is 0.0258. The van der Waals surface area contributed by atoms with Crippen molar-refractivity contribution < 1.29 is 4.79 Å². The van der Waals surface area contributed by atoms with E-state index in [4.69, 9.17) is 11.6 Å². The van der Waals surface area contributed by atoms with E-state index in [2.05, 4.69) is 28.6 Å². The van der Waals surface area contributed by atoms with E-state index in [1.54, 1.807) is 0 Å². The second-order valence-corrected chi connectivity index (χ2v) is 7.32. The molecule has 0 spiro atoms. The molecule has 1 aliphatic rings.